The summed E-state index contributed by atoms with van der Waals surface area (Å²) in [5, 5.41) is 3.61. The van der Waals surface area contributed by atoms with E-state index >= 15 is 0 Å². The number of aromatic nitrogens is 2. The Kier molecular flexibility index (Phi) is 2.81. The molecule has 1 aliphatic rings. The van der Waals surface area contributed by atoms with Crippen LogP contribution in [0.4, 0.5) is 0 Å². The first-order chi connectivity index (χ1) is 8.79. The minimum Gasteiger partial charge on any atom is -0.312 e. The van der Waals surface area contributed by atoms with E-state index in [-0.39, 0.29) is 5.88 Å². The quantitative estimate of drug-likeness (QED) is 0.480. The lowest BCUT2D eigenvalue weighted by Gasteiger charge is -1.97. The van der Waals surface area contributed by atoms with Gasteiger partial charge in [0, 0.05) is 5.56 Å². The molecule has 0 saturated heterocycles. The van der Waals surface area contributed by atoms with E-state index in [1.165, 1.54) is 0 Å². The number of halogens is 1. The van der Waals surface area contributed by atoms with Crippen LogP contribution in [0, 0.1) is 0 Å². The van der Waals surface area contributed by atoms with Crippen LogP contribution in [0.3, 0.4) is 0 Å². The lowest BCUT2D eigenvalue weighted by Crippen LogP contribution is -2.06. The van der Waals surface area contributed by atoms with Crippen LogP contribution in [-0.2, 0) is 9.63 Å². The van der Waals surface area contributed by atoms with Gasteiger partial charge in [0.05, 0.1) is 23.2 Å². The highest BCUT2D eigenvalue weighted by Crippen LogP contribution is 2.22. The van der Waals surface area contributed by atoms with Crippen LogP contribution >= 0.6 is 23.3 Å². The van der Waals surface area contributed by atoms with Gasteiger partial charge in [-0.05, 0) is 12.1 Å². The predicted octanol–water partition coefficient (Wildman–Crippen LogP) is 2.23. The standard InChI is InChI=1S/C11H6ClN3O2S/c12-5-9-7(11(16)17-13-9)4-6-2-1-3-8-10(6)15-18-14-8/h1-4H,5H2/b7-4-. The lowest BCUT2D eigenvalue weighted by molar-refractivity contribution is -0.136. The highest BCUT2D eigenvalue weighted by molar-refractivity contribution is 7.00. The largest absolute Gasteiger partial charge is 0.367 e. The second-order valence-corrected chi connectivity index (χ2v) is 4.38. The molecule has 0 spiro atoms. The number of nitrogens with zero attached hydrogens (tertiary/aromatic N) is 3. The third kappa shape index (κ3) is 1.79. The number of hydrogen-bond donors (Lipinski definition) is 0. The van der Waals surface area contributed by atoms with Crippen molar-refractivity contribution in [1.82, 2.24) is 8.75 Å². The van der Waals surface area contributed by atoms with E-state index in [2.05, 4.69) is 18.7 Å². The van der Waals surface area contributed by atoms with Gasteiger partial charge in [0.2, 0.25) is 0 Å². The summed E-state index contributed by atoms with van der Waals surface area (Å²) in [6.07, 6.45) is 1.68. The molecule has 0 unspecified atom stereocenters. The Balaban J connectivity index is 2.13. The van der Waals surface area contributed by atoms with E-state index in [4.69, 9.17) is 11.6 Å². The molecule has 1 aromatic heterocycles. The molecule has 2 heterocycles. The summed E-state index contributed by atoms with van der Waals surface area (Å²) in [5.41, 5.74) is 3.15. The first-order valence-electron chi connectivity index (χ1n) is 5.07. The van der Waals surface area contributed by atoms with E-state index in [9.17, 15) is 4.79 Å². The molecule has 0 atom stereocenters. The molecule has 0 bridgehead atoms. The maximum atomic E-state index is 11.5. The molecule has 0 amide bonds. The fourth-order valence-electron chi connectivity index (χ4n) is 1.65. The van der Waals surface area contributed by atoms with Crippen LogP contribution in [0.5, 0.6) is 0 Å². The Bertz CT molecular complexity index is 692. The summed E-state index contributed by atoms with van der Waals surface area (Å²) in [5.74, 6) is -0.367. The number of alkyl halides is 1. The fraction of sp³-hybridized carbons (Fsp3) is 0.0909. The molecule has 3 rings (SSSR count). The minimum atomic E-state index is -0.495. The average molecular weight is 280 g/mol. The van der Waals surface area contributed by atoms with Gasteiger partial charge in [0.1, 0.15) is 16.7 Å². The van der Waals surface area contributed by atoms with E-state index in [0.29, 0.717) is 11.3 Å². The zero-order valence-electron chi connectivity index (χ0n) is 8.96. The van der Waals surface area contributed by atoms with Crippen molar-refractivity contribution in [2.75, 3.05) is 5.88 Å². The van der Waals surface area contributed by atoms with Gasteiger partial charge in [-0.3, -0.25) is 0 Å². The van der Waals surface area contributed by atoms with E-state index in [1.54, 1.807) is 6.08 Å². The minimum absolute atomic E-state index is 0.128. The van der Waals surface area contributed by atoms with Crippen molar-refractivity contribution in [3.63, 3.8) is 0 Å². The zero-order valence-corrected chi connectivity index (χ0v) is 10.5. The third-order valence-electron chi connectivity index (χ3n) is 2.51. The Hall–Kier alpha value is -1.79. The Morgan fingerprint density at radius 1 is 1.39 bits per heavy atom. The SMILES string of the molecule is O=C1ON=C(CCl)/C1=C/c1cccc2nsnc12. The summed E-state index contributed by atoms with van der Waals surface area (Å²) in [6.45, 7) is 0. The predicted molar refractivity (Wildman–Crippen MR) is 69.6 cm³/mol. The fourth-order valence-corrected chi connectivity index (χ4v) is 2.40. The molecular weight excluding hydrogens is 274 g/mol. The lowest BCUT2D eigenvalue weighted by atomic mass is 10.1. The molecule has 7 heteroatoms. The second-order valence-electron chi connectivity index (χ2n) is 3.59. The molecule has 0 aliphatic carbocycles. The van der Waals surface area contributed by atoms with Crippen molar-refractivity contribution in [3.8, 4) is 0 Å². The van der Waals surface area contributed by atoms with E-state index in [1.807, 2.05) is 18.2 Å². The van der Waals surface area contributed by atoms with E-state index < -0.39 is 5.97 Å². The summed E-state index contributed by atoms with van der Waals surface area (Å²) in [4.78, 5) is 16.1. The molecule has 0 fully saturated rings. The van der Waals surface area contributed by atoms with Crippen LogP contribution in [0.15, 0.2) is 28.9 Å². The maximum absolute atomic E-state index is 11.5. The van der Waals surface area contributed by atoms with Gasteiger partial charge in [0.25, 0.3) is 0 Å². The Morgan fingerprint density at radius 2 is 2.28 bits per heavy atom. The van der Waals surface area contributed by atoms with Gasteiger partial charge in [-0.15, -0.1) is 11.6 Å². The molecule has 0 saturated carbocycles. The zero-order chi connectivity index (χ0) is 12.5. The normalized spacial score (nSPS) is 17.3. The molecule has 2 aromatic rings. The topological polar surface area (TPSA) is 64.4 Å². The summed E-state index contributed by atoms with van der Waals surface area (Å²) >= 11 is 6.83. The van der Waals surface area contributed by atoms with E-state index in [0.717, 1.165) is 28.3 Å². The molecule has 18 heavy (non-hydrogen) atoms. The van der Waals surface area contributed by atoms with Crippen molar-refractivity contribution >= 4 is 52.1 Å². The number of carbonyl (C=O) groups excluding carboxylic acids is 1. The first-order valence-corrected chi connectivity index (χ1v) is 6.33. The van der Waals surface area contributed by atoms with Crippen molar-refractivity contribution < 1.29 is 9.63 Å². The first kappa shape index (κ1) is 11.3. The molecule has 5 nitrogen and oxygen atoms in total. The van der Waals surface area contributed by atoms with Crippen LogP contribution in [0.2, 0.25) is 0 Å². The van der Waals surface area contributed by atoms with Gasteiger partial charge < -0.3 is 4.84 Å². The molecule has 90 valence electrons. The summed E-state index contributed by atoms with van der Waals surface area (Å²) in [6, 6.07) is 5.58. The monoisotopic (exact) mass is 279 g/mol. The number of oxime groups is 1. The molecule has 1 aromatic carbocycles. The van der Waals surface area contributed by atoms with Crippen LogP contribution < -0.4 is 0 Å². The number of benzene rings is 1. The highest BCUT2D eigenvalue weighted by atomic mass is 35.5. The maximum Gasteiger partial charge on any atom is 0.367 e. The second kappa shape index (κ2) is 4.47. The summed E-state index contributed by atoms with van der Waals surface area (Å²) < 4.78 is 8.34. The Labute approximate surface area is 111 Å². The van der Waals surface area contributed by atoms with Crippen molar-refractivity contribution in [2.24, 2.45) is 5.16 Å². The molecule has 1 aliphatic heterocycles. The van der Waals surface area contributed by atoms with Gasteiger partial charge in [0.15, 0.2) is 0 Å². The van der Waals surface area contributed by atoms with Crippen LogP contribution in [0.25, 0.3) is 17.1 Å². The van der Waals surface area contributed by atoms with Gasteiger partial charge in [-0.2, -0.15) is 8.75 Å². The van der Waals surface area contributed by atoms with Gasteiger partial charge in [-0.25, -0.2) is 4.79 Å². The number of rotatable bonds is 2. The van der Waals surface area contributed by atoms with Crippen LogP contribution in [-0.4, -0.2) is 26.3 Å². The Morgan fingerprint density at radius 3 is 3.11 bits per heavy atom. The van der Waals surface area contributed by atoms with Gasteiger partial charge in [-0.1, -0.05) is 17.3 Å². The third-order valence-corrected chi connectivity index (χ3v) is 3.31. The number of hydrogen-bond acceptors (Lipinski definition) is 6. The average Bonchev–Trinajstić information content (AvgIpc) is 2.98. The van der Waals surface area contributed by atoms with Crippen molar-refractivity contribution in [1.29, 1.82) is 0 Å². The highest BCUT2D eigenvalue weighted by Gasteiger charge is 2.24. The number of carbonyl (C=O) groups is 1. The molecule has 0 radical (unpaired) electrons. The summed E-state index contributed by atoms with van der Waals surface area (Å²) in [7, 11) is 0. The van der Waals surface area contributed by atoms with Gasteiger partial charge >= 0.3 is 5.97 Å². The van der Waals surface area contributed by atoms with Crippen molar-refractivity contribution in [3.05, 3.63) is 29.3 Å². The number of fused-ring (bicyclic) bond motifs is 1. The smallest absolute Gasteiger partial charge is 0.312 e. The molecule has 0 N–H and O–H groups in total. The van der Waals surface area contributed by atoms with Crippen LogP contribution in [0.1, 0.15) is 5.56 Å². The molecular formula is C11H6ClN3O2S. The van der Waals surface area contributed by atoms with Crippen molar-refractivity contribution in [2.45, 2.75) is 0 Å².